The number of anilines is 2. The minimum Gasteiger partial charge on any atom is -0.367 e. The lowest BCUT2D eigenvalue weighted by atomic mass is 9.95. The second kappa shape index (κ2) is 7.44. The van der Waals surface area contributed by atoms with Crippen molar-refractivity contribution < 1.29 is 0 Å². The molecule has 3 rings (SSSR count). The molecular formula is C19H26N4. The summed E-state index contributed by atoms with van der Waals surface area (Å²) < 4.78 is 0. The Morgan fingerprint density at radius 3 is 2.52 bits per heavy atom. The third-order valence-electron chi connectivity index (χ3n) is 4.46. The third kappa shape index (κ3) is 4.44. The maximum Gasteiger partial charge on any atom is 0.225 e. The summed E-state index contributed by atoms with van der Waals surface area (Å²) in [6.45, 7) is 4.15. The van der Waals surface area contributed by atoms with Gasteiger partial charge in [-0.3, -0.25) is 0 Å². The Balaban J connectivity index is 1.69. The van der Waals surface area contributed by atoms with Gasteiger partial charge in [-0.2, -0.15) is 4.98 Å². The molecule has 1 atom stereocenters. The predicted octanol–water partition coefficient (Wildman–Crippen LogP) is 4.70. The fourth-order valence-electron chi connectivity index (χ4n) is 3.18. The average molecular weight is 310 g/mol. The quantitative estimate of drug-likeness (QED) is 0.840. The molecule has 0 radical (unpaired) electrons. The first kappa shape index (κ1) is 15.8. The number of benzene rings is 1. The van der Waals surface area contributed by atoms with Gasteiger partial charge >= 0.3 is 0 Å². The molecule has 0 amide bonds. The average Bonchev–Trinajstić information content (AvgIpc) is 2.56. The minimum atomic E-state index is 0.181. The molecule has 1 aliphatic carbocycles. The van der Waals surface area contributed by atoms with Crippen molar-refractivity contribution in [3.63, 3.8) is 0 Å². The highest BCUT2D eigenvalue weighted by molar-refractivity contribution is 5.44. The SMILES string of the molecule is Cc1cc(NC2CCCCC2)nc(NC(C)c2ccccc2)n1. The molecule has 0 spiro atoms. The number of hydrogen-bond donors (Lipinski definition) is 2. The number of aryl methyl sites for hydroxylation is 1. The van der Waals surface area contributed by atoms with Gasteiger partial charge < -0.3 is 10.6 Å². The van der Waals surface area contributed by atoms with E-state index in [9.17, 15) is 0 Å². The Morgan fingerprint density at radius 1 is 1.04 bits per heavy atom. The van der Waals surface area contributed by atoms with Crippen molar-refractivity contribution in [1.82, 2.24) is 9.97 Å². The van der Waals surface area contributed by atoms with Crippen LogP contribution in [0.1, 0.15) is 56.3 Å². The van der Waals surface area contributed by atoms with Crippen LogP contribution < -0.4 is 10.6 Å². The standard InChI is InChI=1S/C19H26N4/c1-14-13-18(22-17-11-7-4-8-12-17)23-19(20-14)21-15(2)16-9-5-3-6-10-16/h3,5-6,9-10,13,15,17H,4,7-8,11-12H2,1-2H3,(H2,20,21,22,23). The molecule has 1 heterocycles. The van der Waals surface area contributed by atoms with Crippen LogP contribution >= 0.6 is 0 Å². The van der Waals surface area contributed by atoms with Crippen LogP contribution in [0.2, 0.25) is 0 Å². The van der Waals surface area contributed by atoms with E-state index in [0.29, 0.717) is 12.0 Å². The molecule has 4 heteroatoms. The van der Waals surface area contributed by atoms with Crippen molar-refractivity contribution in [3.8, 4) is 0 Å². The van der Waals surface area contributed by atoms with E-state index in [1.165, 1.54) is 37.7 Å². The molecule has 0 saturated heterocycles. The summed E-state index contributed by atoms with van der Waals surface area (Å²) in [5, 5.41) is 7.00. The van der Waals surface area contributed by atoms with Gasteiger partial charge in [0, 0.05) is 17.8 Å². The number of rotatable bonds is 5. The van der Waals surface area contributed by atoms with Crippen LogP contribution in [0.15, 0.2) is 36.4 Å². The van der Waals surface area contributed by atoms with Crippen LogP contribution in [-0.4, -0.2) is 16.0 Å². The molecule has 23 heavy (non-hydrogen) atoms. The molecule has 1 unspecified atom stereocenters. The zero-order valence-corrected chi connectivity index (χ0v) is 14.0. The van der Waals surface area contributed by atoms with Crippen LogP contribution in [0, 0.1) is 6.92 Å². The second-order valence-corrected chi connectivity index (χ2v) is 6.47. The molecule has 0 bridgehead atoms. The van der Waals surface area contributed by atoms with Crippen molar-refractivity contribution in [2.45, 2.75) is 58.0 Å². The maximum atomic E-state index is 4.66. The van der Waals surface area contributed by atoms with Gasteiger partial charge in [-0.05, 0) is 32.3 Å². The summed E-state index contributed by atoms with van der Waals surface area (Å²) in [4.78, 5) is 9.19. The fraction of sp³-hybridized carbons (Fsp3) is 0.474. The van der Waals surface area contributed by atoms with E-state index in [1.54, 1.807) is 0 Å². The Labute approximate surface area is 138 Å². The summed E-state index contributed by atoms with van der Waals surface area (Å²) >= 11 is 0. The second-order valence-electron chi connectivity index (χ2n) is 6.47. The number of aromatic nitrogens is 2. The molecular weight excluding hydrogens is 284 g/mol. The Hall–Kier alpha value is -2.10. The summed E-state index contributed by atoms with van der Waals surface area (Å²) in [6, 6.07) is 13.2. The van der Waals surface area contributed by atoms with Crippen LogP contribution in [-0.2, 0) is 0 Å². The first-order valence-corrected chi connectivity index (χ1v) is 8.64. The molecule has 122 valence electrons. The molecule has 1 aliphatic rings. The van der Waals surface area contributed by atoms with Gasteiger partial charge in [0.2, 0.25) is 5.95 Å². The smallest absolute Gasteiger partial charge is 0.225 e. The van der Waals surface area contributed by atoms with E-state index in [-0.39, 0.29) is 6.04 Å². The van der Waals surface area contributed by atoms with E-state index in [4.69, 9.17) is 0 Å². The lowest BCUT2D eigenvalue weighted by Crippen LogP contribution is -2.23. The first-order valence-electron chi connectivity index (χ1n) is 8.64. The van der Waals surface area contributed by atoms with Gasteiger partial charge in [-0.1, -0.05) is 49.6 Å². The van der Waals surface area contributed by atoms with E-state index in [1.807, 2.05) is 19.1 Å². The van der Waals surface area contributed by atoms with Gasteiger partial charge in [-0.15, -0.1) is 0 Å². The van der Waals surface area contributed by atoms with Crippen LogP contribution in [0.3, 0.4) is 0 Å². The van der Waals surface area contributed by atoms with Gasteiger partial charge in [0.05, 0.1) is 6.04 Å². The van der Waals surface area contributed by atoms with E-state index < -0.39 is 0 Å². The Kier molecular flexibility index (Phi) is 5.11. The van der Waals surface area contributed by atoms with Crippen molar-refractivity contribution in [1.29, 1.82) is 0 Å². The van der Waals surface area contributed by atoms with Crippen LogP contribution in [0.25, 0.3) is 0 Å². The number of nitrogens with one attached hydrogen (secondary N) is 2. The highest BCUT2D eigenvalue weighted by Gasteiger charge is 2.14. The van der Waals surface area contributed by atoms with Crippen LogP contribution in [0.4, 0.5) is 11.8 Å². The number of hydrogen-bond acceptors (Lipinski definition) is 4. The summed E-state index contributed by atoms with van der Waals surface area (Å²) in [7, 11) is 0. The topological polar surface area (TPSA) is 49.8 Å². The lowest BCUT2D eigenvalue weighted by molar-refractivity contribution is 0.462. The zero-order chi connectivity index (χ0) is 16.1. The molecule has 4 nitrogen and oxygen atoms in total. The largest absolute Gasteiger partial charge is 0.367 e. The summed E-state index contributed by atoms with van der Waals surface area (Å²) in [5.74, 6) is 1.63. The Morgan fingerprint density at radius 2 is 1.78 bits per heavy atom. The lowest BCUT2D eigenvalue weighted by Gasteiger charge is -2.24. The number of nitrogens with zero attached hydrogens (tertiary/aromatic N) is 2. The monoisotopic (exact) mass is 310 g/mol. The van der Waals surface area contributed by atoms with E-state index >= 15 is 0 Å². The molecule has 2 N–H and O–H groups in total. The summed E-state index contributed by atoms with van der Waals surface area (Å²) in [5.41, 5.74) is 2.22. The molecule has 1 fully saturated rings. The van der Waals surface area contributed by atoms with E-state index in [2.05, 4.69) is 51.8 Å². The van der Waals surface area contributed by atoms with E-state index in [0.717, 1.165) is 11.5 Å². The molecule has 1 aromatic carbocycles. The highest BCUT2D eigenvalue weighted by atomic mass is 15.2. The first-order chi connectivity index (χ1) is 11.2. The highest BCUT2D eigenvalue weighted by Crippen LogP contribution is 2.22. The van der Waals surface area contributed by atoms with Crippen molar-refractivity contribution >= 4 is 11.8 Å². The predicted molar refractivity (Wildman–Crippen MR) is 95.7 cm³/mol. The zero-order valence-electron chi connectivity index (χ0n) is 14.0. The normalized spacial score (nSPS) is 16.8. The molecule has 2 aromatic rings. The van der Waals surface area contributed by atoms with Crippen molar-refractivity contribution in [2.75, 3.05) is 10.6 Å². The van der Waals surface area contributed by atoms with Gasteiger partial charge in [-0.25, -0.2) is 4.98 Å². The molecule has 1 aromatic heterocycles. The summed E-state index contributed by atoms with van der Waals surface area (Å²) in [6.07, 6.45) is 6.48. The third-order valence-corrected chi connectivity index (χ3v) is 4.46. The minimum absolute atomic E-state index is 0.181. The van der Waals surface area contributed by atoms with Crippen LogP contribution in [0.5, 0.6) is 0 Å². The molecule has 0 aliphatic heterocycles. The van der Waals surface area contributed by atoms with Gasteiger partial charge in [0.1, 0.15) is 5.82 Å². The molecule has 1 saturated carbocycles. The maximum absolute atomic E-state index is 4.66. The van der Waals surface area contributed by atoms with Crippen molar-refractivity contribution in [3.05, 3.63) is 47.7 Å². The van der Waals surface area contributed by atoms with Gasteiger partial charge in [0.15, 0.2) is 0 Å². The fourth-order valence-corrected chi connectivity index (χ4v) is 3.18. The Bertz CT molecular complexity index is 621. The van der Waals surface area contributed by atoms with Gasteiger partial charge in [0.25, 0.3) is 0 Å². The van der Waals surface area contributed by atoms with Crippen molar-refractivity contribution in [2.24, 2.45) is 0 Å².